The van der Waals surface area contributed by atoms with Gasteiger partial charge >= 0.3 is 17.9 Å². The van der Waals surface area contributed by atoms with Gasteiger partial charge in [0.2, 0.25) is 0 Å². The lowest BCUT2D eigenvalue weighted by atomic mass is 10.0. The van der Waals surface area contributed by atoms with Crippen LogP contribution in [-0.4, -0.2) is 37.2 Å². The summed E-state index contributed by atoms with van der Waals surface area (Å²) < 4.78 is 16.8. The molecule has 0 aromatic rings. The highest BCUT2D eigenvalue weighted by Crippen LogP contribution is 2.16. The summed E-state index contributed by atoms with van der Waals surface area (Å²) >= 11 is 0. The molecule has 0 N–H and O–H groups in total. The van der Waals surface area contributed by atoms with Gasteiger partial charge < -0.3 is 14.2 Å². The van der Waals surface area contributed by atoms with Gasteiger partial charge in [-0.05, 0) is 57.8 Å². The maximum atomic E-state index is 12.8. The van der Waals surface area contributed by atoms with E-state index in [1.807, 2.05) is 6.08 Å². The van der Waals surface area contributed by atoms with Gasteiger partial charge in [0.1, 0.15) is 13.2 Å². The minimum atomic E-state index is -0.812. The topological polar surface area (TPSA) is 78.9 Å². The highest BCUT2D eigenvalue weighted by atomic mass is 16.6. The van der Waals surface area contributed by atoms with Crippen LogP contribution in [0.15, 0.2) is 72.9 Å². The van der Waals surface area contributed by atoms with Gasteiger partial charge in [0.15, 0.2) is 6.10 Å². The highest BCUT2D eigenvalue weighted by molar-refractivity contribution is 5.71. The van der Waals surface area contributed by atoms with E-state index in [0.717, 1.165) is 77.0 Å². The standard InChI is InChI=1S/C59H102O6/c1-4-7-10-13-16-19-22-24-26-28-29-31-33-35-38-41-44-47-50-53-59(62)65-56(54-63-57(60)51-48-45-42-39-36-21-18-15-12-9-6-3)55-64-58(61)52-49-46-43-40-37-34-32-30-27-25-23-20-17-14-11-8-5-2/h7,10,16,19,24,26,29,31,35,38,44,47,56H,4-6,8-9,11-15,17-18,20-23,25,27-28,30,32-34,36-37,39-43,45-46,48-55H2,1-3H3/b10-7-,19-16-,26-24-,31-29-,38-35-,47-44-/t56-/m0/s1. The maximum Gasteiger partial charge on any atom is 0.306 e. The monoisotopic (exact) mass is 907 g/mol. The Kier molecular flexibility index (Phi) is 50.9. The molecule has 0 amide bonds. The quantitative estimate of drug-likeness (QED) is 0.0262. The van der Waals surface area contributed by atoms with Crippen LogP contribution in [0.25, 0.3) is 0 Å². The molecule has 0 rings (SSSR count). The lowest BCUT2D eigenvalue weighted by Crippen LogP contribution is -2.30. The Hall–Kier alpha value is -3.15. The van der Waals surface area contributed by atoms with Gasteiger partial charge in [-0.2, -0.15) is 0 Å². The van der Waals surface area contributed by atoms with Gasteiger partial charge in [0.25, 0.3) is 0 Å². The van der Waals surface area contributed by atoms with Crippen molar-refractivity contribution in [3.8, 4) is 0 Å². The first-order valence-corrected chi connectivity index (χ1v) is 27.4. The molecule has 0 aliphatic rings. The Labute approximate surface area is 402 Å². The lowest BCUT2D eigenvalue weighted by molar-refractivity contribution is -0.166. The fraction of sp³-hybridized carbons (Fsp3) is 0.746. The molecule has 374 valence electrons. The lowest BCUT2D eigenvalue weighted by Gasteiger charge is -2.18. The summed E-state index contributed by atoms with van der Waals surface area (Å²) in [5.74, 6) is -0.979. The summed E-state index contributed by atoms with van der Waals surface area (Å²) in [5, 5.41) is 0. The van der Waals surface area contributed by atoms with Crippen molar-refractivity contribution in [2.45, 2.75) is 271 Å². The van der Waals surface area contributed by atoms with Crippen LogP contribution in [0, 0.1) is 0 Å². The molecule has 0 unspecified atom stereocenters. The number of unbranched alkanes of at least 4 members (excludes halogenated alkanes) is 26. The molecule has 0 saturated heterocycles. The summed E-state index contributed by atoms with van der Waals surface area (Å²) in [6.45, 7) is 6.47. The van der Waals surface area contributed by atoms with Gasteiger partial charge in [-0.3, -0.25) is 14.4 Å². The molecule has 1 atom stereocenters. The SMILES string of the molecule is CC/C=C\C/C=C\C/C=C\C/C=C\C/C=C\C/C=C\CCC(=O)O[C@@H](COC(=O)CCCCCCCCCCCCC)COC(=O)CCCCCCCCCCCCCCCCCCC. The molecular formula is C59H102O6. The van der Waals surface area contributed by atoms with E-state index in [2.05, 4.69) is 87.6 Å². The summed E-state index contributed by atoms with van der Waals surface area (Å²) in [6.07, 6.45) is 67.6. The van der Waals surface area contributed by atoms with Crippen molar-refractivity contribution in [2.75, 3.05) is 13.2 Å². The third kappa shape index (κ3) is 51.7. The fourth-order valence-corrected chi connectivity index (χ4v) is 7.65. The Bertz CT molecular complexity index is 1230. The molecule has 0 spiro atoms. The third-order valence-electron chi connectivity index (χ3n) is 11.7. The van der Waals surface area contributed by atoms with Crippen molar-refractivity contribution >= 4 is 17.9 Å². The van der Waals surface area contributed by atoms with Crippen LogP contribution in [-0.2, 0) is 28.6 Å². The zero-order valence-corrected chi connectivity index (χ0v) is 42.7. The van der Waals surface area contributed by atoms with E-state index in [1.165, 1.54) is 141 Å². The molecule has 0 aromatic carbocycles. The zero-order valence-electron chi connectivity index (χ0n) is 42.7. The Morgan fingerprint density at radius 3 is 0.908 bits per heavy atom. The van der Waals surface area contributed by atoms with E-state index in [9.17, 15) is 14.4 Å². The second-order valence-electron chi connectivity index (χ2n) is 18.1. The molecule has 0 bridgehead atoms. The molecule has 0 heterocycles. The van der Waals surface area contributed by atoms with Crippen molar-refractivity contribution < 1.29 is 28.6 Å². The highest BCUT2D eigenvalue weighted by Gasteiger charge is 2.19. The minimum absolute atomic E-state index is 0.102. The molecule has 0 aromatic heterocycles. The van der Waals surface area contributed by atoms with E-state index < -0.39 is 6.10 Å². The first kappa shape index (κ1) is 61.9. The number of carbonyl (C=O) groups excluding carboxylic acids is 3. The smallest absolute Gasteiger partial charge is 0.306 e. The van der Waals surface area contributed by atoms with E-state index in [1.54, 1.807) is 0 Å². The zero-order chi connectivity index (χ0) is 47.2. The first-order valence-electron chi connectivity index (χ1n) is 27.4. The maximum absolute atomic E-state index is 12.8. The average molecular weight is 907 g/mol. The van der Waals surface area contributed by atoms with E-state index in [-0.39, 0.29) is 37.5 Å². The molecule has 6 heteroatoms. The molecule has 65 heavy (non-hydrogen) atoms. The Morgan fingerprint density at radius 2 is 0.600 bits per heavy atom. The molecule has 6 nitrogen and oxygen atoms in total. The van der Waals surface area contributed by atoms with Crippen LogP contribution in [0.3, 0.4) is 0 Å². The average Bonchev–Trinajstić information content (AvgIpc) is 3.30. The normalized spacial score (nSPS) is 12.6. The van der Waals surface area contributed by atoms with Gasteiger partial charge in [-0.25, -0.2) is 0 Å². The predicted molar refractivity (Wildman–Crippen MR) is 279 cm³/mol. The van der Waals surface area contributed by atoms with Crippen LogP contribution in [0.5, 0.6) is 0 Å². The van der Waals surface area contributed by atoms with Crippen LogP contribution >= 0.6 is 0 Å². The molecular weight excluding hydrogens is 805 g/mol. The Morgan fingerprint density at radius 1 is 0.323 bits per heavy atom. The fourth-order valence-electron chi connectivity index (χ4n) is 7.65. The van der Waals surface area contributed by atoms with Crippen LogP contribution < -0.4 is 0 Å². The Balaban J connectivity index is 4.45. The number of allylic oxidation sites excluding steroid dienone is 12. The van der Waals surface area contributed by atoms with Crippen molar-refractivity contribution in [1.29, 1.82) is 0 Å². The summed E-state index contributed by atoms with van der Waals surface area (Å²) in [6, 6.07) is 0. The second kappa shape index (κ2) is 53.5. The van der Waals surface area contributed by atoms with Gasteiger partial charge in [-0.1, -0.05) is 261 Å². The summed E-state index contributed by atoms with van der Waals surface area (Å²) in [5.41, 5.74) is 0. The summed E-state index contributed by atoms with van der Waals surface area (Å²) in [7, 11) is 0. The van der Waals surface area contributed by atoms with E-state index >= 15 is 0 Å². The molecule has 0 fully saturated rings. The second-order valence-corrected chi connectivity index (χ2v) is 18.1. The van der Waals surface area contributed by atoms with Crippen LogP contribution in [0.4, 0.5) is 0 Å². The molecule has 0 aliphatic carbocycles. The third-order valence-corrected chi connectivity index (χ3v) is 11.7. The number of hydrogen-bond acceptors (Lipinski definition) is 6. The number of hydrogen-bond donors (Lipinski definition) is 0. The number of rotatable bonds is 49. The molecule has 0 radical (unpaired) electrons. The predicted octanol–water partition coefficient (Wildman–Crippen LogP) is 18.2. The van der Waals surface area contributed by atoms with Gasteiger partial charge in [0, 0.05) is 19.3 Å². The largest absolute Gasteiger partial charge is 0.462 e. The van der Waals surface area contributed by atoms with Crippen LogP contribution in [0.1, 0.15) is 265 Å². The van der Waals surface area contributed by atoms with Gasteiger partial charge in [0.05, 0.1) is 0 Å². The van der Waals surface area contributed by atoms with Crippen molar-refractivity contribution in [3.05, 3.63) is 72.9 Å². The minimum Gasteiger partial charge on any atom is -0.462 e. The summed E-state index contributed by atoms with van der Waals surface area (Å²) in [4.78, 5) is 38.0. The van der Waals surface area contributed by atoms with Crippen molar-refractivity contribution in [2.24, 2.45) is 0 Å². The van der Waals surface area contributed by atoms with Crippen molar-refractivity contribution in [3.63, 3.8) is 0 Å². The molecule has 0 saturated carbocycles. The van der Waals surface area contributed by atoms with E-state index in [0.29, 0.717) is 19.3 Å². The number of esters is 3. The number of carbonyl (C=O) groups is 3. The first-order chi connectivity index (χ1) is 32.0. The molecule has 0 aliphatic heterocycles. The van der Waals surface area contributed by atoms with Gasteiger partial charge in [-0.15, -0.1) is 0 Å². The number of ether oxygens (including phenoxy) is 3. The van der Waals surface area contributed by atoms with E-state index in [4.69, 9.17) is 14.2 Å². The van der Waals surface area contributed by atoms with Crippen molar-refractivity contribution in [1.82, 2.24) is 0 Å². The van der Waals surface area contributed by atoms with Crippen LogP contribution in [0.2, 0.25) is 0 Å².